The van der Waals surface area contributed by atoms with E-state index >= 15 is 0 Å². The van der Waals surface area contributed by atoms with Gasteiger partial charge in [0.1, 0.15) is 11.4 Å². The van der Waals surface area contributed by atoms with Crippen LogP contribution in [0.15, 0.2) is 12.1 Å². The van der Waals surface area contributed by atoms with Gasteiger partial charge in [-0.1, -0.05) is 0 Å². The third kappa shape index (κ3) is 1.26. The first-order valence-corrected chi connectivity index (χ1v) is 3.22. The second kappa shape index (κ2) is 2.86. The predicted octanol–water partition coefficient (Wildman–Crippen LogP) is 0.886. The van der Waals surface area contributed by atoms with E-state index in [9.17, 15) is 9.59 Å². The molecule has 12 heavy (non-hydrogen) atoms. The van der Waals surface area contributed by atoms with Gasteiger partial charge >= 0.3 is 11.9 Å². The minimum atomic E-state index is -1.27. The van der Waals surface area contributed by atoms with E-state index in [-0.39, 0.29) is 11.4 Å². The Balaban J connectivity index is 3.22. The number of carbonyl (C=O) groups is 2. The first-order chi connectivity index (χ1) is 5.54. The van der Waals surface area contributed by atoms with Crippen molar-refractivity contribution in [2.24, 2.45) is 0 Å². The van der Waals surface area contributed by atoms with Gasteiger partial charge in [0.05, 0.1) is 0 Å². The first kappa shape index (κ1) is 8.61. The van der Waals surface area contributed by atoms with E-state index in [1.807, 2.05) is 0 Å². The number of carboxylic acids is 2. The maximum Gasteiger partial charge on any atom is 0.353 e. The SMILES string of the molecule is O=C(O)c1ccc(C(=O)O)n1Cl. The third-order valence-electron chi connectivity index (χ3n) is 1.26. The molecule has 1 aromatic heterocycles. The van der Waals surface area contributed by atoms with Crippen molar-refractivity contribution in [2.45, 2.75) is 0 Å². The standard InChI is InChI=1S/C6H4ClNO4/c7-8-3(5(9)10)1-2-4(8)6(11)12/h1-2H,(H,9,10)(H,11,12). The van der Waals surface area contributed by atoms with Crippen LogP contribution in [-0.4, -0.2) is 26.2 Å². The summed E-state index contributed by atoms with van der Waals surface area (Å²) in [4.78, 5) is 20.7. The molecule has 0 fully saturated rings. The molecule has 0 aliphatic carbocycles. The summed E-state index contributed by atoms with van der Waals surface area (Å²) in [7, 11) is 0. The molecule has 0 amide bonds. The molecular weight excluding hydrogens is 186 g/mol. The number of aromatic nitrogens is 1. The molecule has 0 atom stereocenters. The predicted molar refractivity (Wildman–Crippen MR) is 39.6 cm³/mol. The van der Waals surface area contributed by atoms with Crippen molar-refractivity contribution in [3.8, 4) is 0 Å². The number of halogens is 1. The van der Waals surface area contributed by atoms with Crippen LogP contribution in [0.3, 0.4) is 0 Å². The lowest BCUT2D eigenvalue weighted by Gasteiger charge is -1.95. The minimum absolute atomic E-state index is 0.269. The number of carboxylic acid groups (broad SMARTS) is 2. The zero-order valence-electron chi connectivity index (χ0n) is 5.69. The molecule has 0 radical (unpaired) electrons. The summed E-state index contributed by atoms with van der Waals surface area (Å²) in [6, 6.07) is 2.25. The van der Waals surface area contributed by atoms with Crippen LogP contribution in [0, 0.1) is 0 Å². The summed E-state index contributed by atoms with van der Waals surface area (Å²) in [6.07, 6.45) is 0. The lowest BCUT2D eigenvalue weighted by atomic mass is 10.4. The molecule has 0 saturated carbocycles. The molecular formula is C6H4ClNO4. The Morgan fingerprint density at radius 3 is 1.67 bits per heavy atom. The second-order valence-corrected chi connectivity index (χ2v) is 2.33. The number of aromatic carboxylic acids is 2. The largest absolute Gasteiger partial charge is 0.477 e. The Hall–Kier alpha value is -1.49. The number of rotatable bonds is 2. The van der Waals surface area contributed by atoms with Crippen LogP contribution in [0.1, 0.15) is 21.0 Å². The fourth-order valence-corrected chi connectivity index (χ4v) is 0.986. The normalized spacial score (nSPS) is 9.75. The molecule has 0 saturated heterocycles. The molecule has 0 unspecified atom stereocenters. The highest BCUT2D eigenvalue weighted by atomic mass is 35.5. The van der Waals surface area contributed by atoms with Crippen molar-refractivity contribution in [1.29, 1.82) is 0 Å². The van der Waals surface area contributed by atoms with E-state index in [1.165, 1.54) is 0 Å². The highest BCUT2D eigenvalue weighted by Crippen LogP contribution is 2.10. The third-order valence-corrected chi connectivity index (χ3v) is 1.62. The Labute approximate surface area is 71.9 Å². The monoisotopic (exact) mass is 189 g/mol. The van der Waals surface area contributed by atoms with E-state index in [1.54, 1.807) is 0 Å². The van der Waals surface area contributed by atoms with Gasteiger partial charge in [0.15, 0.2) is 0 Å². The van der Waals surface area contributed by atoms with Crippen molar-refractivity contribution in [2.75, 3.05) is 0 Å². The average Bonchev–Trinajstić information content (AvgIpc) is 2.30. The fraction of sp³-hybridized carbons (Fsp3) is 0. The molecule has 0 spiro atoms. The van der Waals surface area contributed by atoms with Crippen LogP contribution in [0.2, 0.25) is 0 Å². The zero-order valence-corrected chi connectivity index (χ0v) is 6.45. The Bertz CT molecular complexity index is 312. The van der Waals surface area contributed by atoms with Gasteiger partial charge in [-0.05, 0) is 12.1 Å². The van der Waals surface area contributed by atoms with Crippen LogP contribution in [0.25, 0.3) is 0 Å². The fourth-order valence-electron chi connectivity index (χ4n) is 0.729. The Morgan fingerprint density at radius 1 is 1.17 bits per heavy atom. The maximum atomic E-state index is 10.4. The van der Waals surface area contributed by atoms with Gasteiger partial charge < -0.3 is 10.2 Å². The molecule has 2 N–H and O–H groups in total. The summed E-state index contributed by atoms with van der Waals surface area (Å²) in [5, 5.41) is 16.9. The van der Waals surface area contributed by atoms with E-state index in [2.05, 4.69) is 0 Å². The average molecular weight is 190 g/mol. The van der Waals surface area contributed by atoms with Gasteiger partial charge in [-0.2, -0.15) is 0 Å². The van der Waals surface area contributed by atoms with Gasteiger partial charge in [-0.3, -0.25) is 0 Å². The van der Waals surface area contributed by atoms with Gasteiger partial charge in [-0.25, -0.2) is 13.7 Å². The van der Waals surface area contributed by atoms with Crippen LogP contribution < -0.4 is 0 Å². The van der Waals surface area contributed by atoms with Gasteiger partial charge in [0.2, 0.25) is 0 Å². The van der Waals surface area contributed by atoms with E-state index in [0.717, 1.165) is 12.1 Å². The lowest BCUT2D eigenvalue weighted by molar-refractivity contribution is 0.0686. The molecule has 0 aromatic carbocycles. The number of hydrogen-bond acceptors (Lipinski definition) is 2. The Morgan fingerprint density at radius 2 is 1.50 bits per heavy atom. The molecule has 1 rings (SSSR count). The quantitative estimate of drug-likeness (QED) is 0.724. The second-order valence-electron chi connectivity index (χ2n) is 1.99. The topological polar surface area (TPSA) is 79.5 Å². The molecule has 5 nitrogen and oxygen atoms in total. The molecule has 64 valence electrons. The summed E-state index contributed by atoms with van der Waals surface area (Å²) in [5.41, 5.74) is -0.539. The maximum absolute atomic E-state index is 10.4. The molecule has 6 heteroatoms. The van der Waals surface area contributed by atoms with E-state index in [0.29, 0.717) is 4.09 Å². The van der Waals surface area contributed by atoms with Crippen LogP contribution >= 0.6 is 11.8 Å². The van der Waals surface area contributed by atoms with Crippen molar-refractivity contribution in [3.63, 3.8) is 0 Å². The van der Waals surface area contributed by atoms with Crippen LogP contribution in [0.5, 0.6) is 0 Å². The number of nitrogens with zero attached hydrogens (tertiary/aromatic N) is 1. The van der Waals surface area contributed by atoms with Crippen molar-refractivity contribution < 1.29 is 19.8 Å². The molecule has 1 aromatic rings. The van der Waals surface area contributed by atoms with Gasteiger partial charge in [-0.15, -0.1) is 0 Å². The summed E-state index contributed by atoms with van der Waals surface area (Å²) < 4.78 is 0.588. The number of hydrogen-bond donors (Lipinski definition) is 2. The minimum Gasteiger partial charge on any atom is -0.477 e. The summed E-state index contributed by atoms with van der Waals surface area (Å²) in [6.45, 7) is 0. The summed E-state index contributed by atoms with van der Waals surface area (Å²) in [5.74, 6) is -2.53. The summed E-state index contributed by atoms with van der Waals surface area (Å²) >= 11 is 5.37. The first-order valence-electron chi connectivity index (χ1n) is 2.88. The lowest BCUT2D eigenvalue weighted by Crippen LogP contribution is -2.06. The molecule has 0 bridgehead atoms. The van der Waals surface area contributed by atoms with Gasteiger partial charge in [0.25, 0.3) is 0 Å². The van der Waals surface area contributed by atoms with E-state index < -0.39 is 11.9 Å². The van der Waals surface area contributed by atoms with Gasteiger partial charge in [0, 0.05) is 11.8 Å². The Kier molecular flexibility index (Phi) is 2.05. The van der Waals surface area contributed by atoms with Crippen LogP contribution in [-0.2, 0) is 0 Å². The smallest absolute Gasteiger partial charge is 0.353 e. The molecule has 0 aliphatic heterocycles. The zero-order chi connectivity index (χ0) is 9.30. The van der Waals surface area contributed by atoms with Crippen molar-refractivity contribution >= 4 is 23.7 Å². The van der Waals surface area contributed by atoms with E-state index in [4.69, 9.17) is 22.0 Å². The van der Waals surface area contributed by atoms with Crippen LogP contribution in [0.4, 0.5) is 0 Å². The van der Waals surface area contributed by atoms with Crippen molar-refractivity contribution in [3.05, 3.63) is 23.5 Å². The van der Waals surface area contributed by atoms with Crippen molar-refractivity contribution in [1.82, 2.24) is 4.09 Å². The highest BCUT2D eigenvalue weighted by molar-refractivity contribution is 6.20. The molecule has 0 aliphatic rings. The highest BCUT2D eigenvalue weighted by Gasteiger charge is 2.16. The molecule has 1 heterocycles.